The molecule has 0 spiro atoms. The Bertz CT molecular complexity index is 292. The third kappa shape index (κ3) is 3.60. The van der Waals surface area contributed by atoms with Gasteiger partial charge in [0.1, 0.15) is 6.54 Å². The van der Waals surface area contributed by atoms with Crippen LogP contribution in [-0.4, -0.2) is 48.1 Å². The van der Waals surface area contributed by atoms with Gasteiger partial charge in [0.25, 0.3) is 0 Å². The van der Waals surface area contributed by atoms with Crippen molar-refractivity contribution in [1.82, 2.24) is 10.2 Å². The minimum Gasteiger partial charge on any atom is -0.480 e. The van der Waals surface area contributed by atoms with E-state index in [2.05, 4.69) is 11.2 Å². The highest BCUT2D eigenvalue weighted by Gasteiger charge is 2.24. The molecule has 0 radical (unpaired) electrons. The second-order valence-corrected chi connectivity index (χ2v) is 3.58. The molecule has 15 heavy (non-hydrogen) atoms. The largest absolute Gasteiger partial charge is 0.480 e. The molecule has 2 N–H and O–H groups in total. The SMILES string of the molecule is C#CCN(CC(=O)O)C(=O)CC1CNC1. The van der Waals surface area contributed by atoms with E-state index >= 15 is 0 Å². The molecule has 1 amide bonds. The second kappa shape index (κ2) is 5.37. The van der Waals surface area contributed by atoms with Crippen molar-refractivity contribution in [3.63, 3.8) is 0 Å². The maximum Gasteiger partial charge on any atom is 0.323 e. The van der Waals surface area contributed by atoms with Crippen molar-refractivity contribution in [2.24, 2.45) is 5.92 Å². The molecule has 1 aliphatic heterocycles. The van der Waals surface area contributed by atoms with Crippen molar-refractivity contribution in [2.75, 3.05) is 26.2 Å². The van der Waals surface area contributed by atoms with Gasteiger partial charge in [-0.2, -0.15) is 0 Å². The van der Waals surface area contributed by atoms with Crippen molar-refractivity contribution in [3.8, 4) is 12.3 Å². The Balaban J connectivity index is 2.42. The third-order valence-corrected chi connectivity index (χ3v) is 2.29. The molecule has 1 rings (SSSR count). The van der Waals surface area contributed by atoms with Crippen LogP contribution in [0.3, 0.4) is 0 Å². The van der Waals surface area contributed by atoms with Crippen molar-refractivity contribution < 1.29 is 14.7 Å². The molecule has 0 aromatic rings. The zero-order chi connectivity index (χ0) is 11.3. The van der Waals surface area contributed by atoms with E-state index in [1.807, 2.05) is 0 Å². The van der Waals surface area contributed by atoms with E-state index in [4.69, 9.17) is 11.5 Å². The second-order valence-electron chi connectivity index (χ2n) is 3.58. The molecule has 0 aromatic carbocycles. The third-order valence-electron chi connectivity index (χ3n) is 2.29. The summed E-state index contributed by atoms with van der Waals surface area (Å²) in [5.41, 5.74) is 0. The van der Waals surface area contributed by atoms with Gasteiger partial charge < -0.3 is 15.3 Å². The summed E-state index contributed by atoms with van der Waals surface area (Å²) in [4.78, 5) is 23.3. The van der Waals surface area contributed by atoms with Crippen LogP contribution in [0.15, 0.2) is 0 Å². The molecule has 0 atom stereocenters. The topological polar surface area (TPSA) is 69.6 Å². The first-order valence-electron chi connectivity index (χ1n) is 4.77. The van der Waals surface area contributed by atoms with E-state index in [0.29, 0.717) is 12.3 Å². The quantitative estimate of drug-likeness (QED) is 0.579. The van der Waals surface area contributed by atoms with Gasteiger partial charge in [0.05, 0.1) is 6.54 Å². The Kier molecular flexibility index (Phi) is 4.13. The molecule has 1 fully saturated rings. The van der Waals surface area contributed by atoms with Gasteiger partial charge in [-0.15, -0.1) is 6.42 Å². The minimum atomic E-state index is -1.04. The Labute approximate surface area is 88.4 Å². The first kappa shape index (κ1) is 11.5. The molecule has 5 heteroatoms. The fourth-order valence-electron chi connectivity index (χ4n) is 1.37. The molecule has 0 unspecified atom stereocenters. The maximum absolute atomic E-state index is 11.6. The van der Waals surface area contributed by atoms with Crippen LogP contribution in [0, 0.1) is 18.3 Å². The van der Waals surface area contributed by atoms with E-state index in [0.717, 1.165) is 13.1 Å². The summed E-state index contributed by atoms with van der Waals surface area (Å²) in [6, 6.07) is 0. The Morgan fingerprint density at radius 2 is 2.20 bits per heavy atom. The molecular weight excluding hydrogens is 196 g/mol. The zero-order valence-electron chi connectivity index (χ0n) is 8.40. The van der Waals surface area contributed by atoms with Crippen molar-refractivity contribution in [2.45, 2.75) is 6.42 Å². The van der Waals surface area contributed by atoms with Crippen LogP contribution in [-0.2, 0) is 9.59 Å². The van der Waals surface area contributed by atoms with E-state index in [-0.39, 0.29) is 19.0 Å². The Hall–Kier alpha value is -1.54. The van der Waals surface area contributed by atoms with Crippen LogP contribution in [0.4, 0.5) is 0 Å². The summed E-state index contributed by atoms with van der Waals surface area (Å²) in [6.07, 6.45) is 5.45. The van der Waals surface area contributed by atoms with Crippen LogP contribution >= 0.6 is 0 Å². The number of hydrogen-bond acceptors (Lipinski definition) is 3. The van der Waals surface area contributed by atoms with Crippen LogP contribution in [0.2, 0.25) is 0 Å². The van der Waals surface area contributed by atoms with E-state index in [1.165, 1.54) is 4.90 Å². The number of terminal acetylenes is 1. The number of nitrogens with zero attached hydrogens (tertiary/aromatic N) is 1. The number of aliphatic carboxylic acids is 1. The lowest BCUT2D eigenvalue weighted by Gasteiger charge is -2.28. The average molecular weight is 210 g/mol. The molecule has 0 saturated carbocycles. The summed E-state index contributed by atoms with van der Waals surface area (Å²) >= 11 is 0. The molecule has 1 aliphatic rings. The number of hydrogen-bond donors (Lipinski definition) is 2. The first-order valence-corrected chi connectivity index (χ1v) is 4.77. The highest BCUT2D eigenvalue weighted by Crippen LogP contribution is 2.10. The smallest absolute Gasteiger partial charge is 0.323 e. The number of amides is 1. The van der Waals surface area contributed by atoms with Crippen molar-refractivity contribution >= 4 is 11.9 Å². The first-order chi connectivity index (χ1) is 7.13. The lowest BCUT2D eigenvalue weighted by Crippen LogP contribution is -2.46. The Morgan fingerprint density at radius 1 is 1.53 bits per heavy atom. The zero-order valence-corrected chi connectivity index (χ0v) is 8.40. The number of nitrogens with one attached hydrogen (secondary N) is 1. The summed E-state index contributed by atoms with van der Waals surface area (Å²) in [7, 11) is 0. The van der Waals surface area contributed by atoms with Crippen LogP contribution in [0.1, 0.15) is 6.42 Å². The van der Waals surface area contributed by atoms with Gasteiger partial charge in [-0.3, -0.25) is 9.59 Å². The molecule has 0 aliphatic carbocycles. The van der Waals surface area contributed by atoms with Gasteiger partial charge >= 0.3 is 5.97 Å². The lowest BCUT2D eigenvalue weighted by molar-refractivity contribution is -0.144. The molecule has 0 aromatic heterocycles. The van der Waals surface area contributed by atoms with Gasteiger partial charge in [-0.1, -0.05) is 5.92 Å². The molecule has 0 bridgehead atoms. The molecule has 5 nitrogen and oxygen atoms in total. The van der Waals surface area contributed by atoms with E-state index in [9.17, 15) is 9.59 Å². The number of carbonyl (C=O) groups excluding carboxylic acids is 1. The summed E-state index contributed by atoms with van der Waals surface area (Å²) in [5.74, 6) is 1.40. The van der Waals surface area contributed by atoms with Crippen LogP contribution in [0.5, 0.6) is 0 Å². The number of carbonyl (C=O) groups is 2. The summed E-state index contributed by atoms with van der Waals surface area (Å²) < 4.78 is 0. The van der Waals surface area contributed by atoms with Gasteiger partial charge in [-0.25, -0.2) is 0 Å². The standard InChI is InChI=1S/C10H14N2O3/c1-2-3-12(7-10(14)15)9(13)4-8-5-11-6-8/h1,8,11H,3-7H2,(H,14,15). The highest BCUT2D eigenvalue weighted by atomic mass is 16.4. The van der Waals surface area contributed by atoms with Crippen molar-refractivity contribution in [1.29, 1.82) is 0 Å². The van der Waals surface area contributed by atoms with E-state index in [1.54, 1.807) is 0 Å². The monoisotopic (exact) mass is 210 g/mol. The number of carboxylic acid groups (broad SMARTS) is 1. The van der Waals surface area contributed by atoms with E-state index < -0.39 is 5.97 Å². The summed E-state index contributed by atoms with van der Waals surface area (Å²) in [5, 5.41) is 11.6. The molecular formula is C10H14N2O3. The molecule has 1 saturated heterocycles. The average Bonchev–Trinajstić information content (AvgIpc) is 2.09. The minimum absolute atomic E-state index is 0.0608. The van der Waals surface area contributed by atoms with Crippen molar-refractivity contribution in [3.05, 3.63) is 0 Å². The number of carboxylic acids is 1. The summed E-state index contributed by atoms with van der Waals surface area (Å²) in [6.45, 7) is 1.39. The highest BCUT2D eigenvalue weighted by molar-refractivity contribution is 5.81. The fraction of sp³-hybridized carbons (Fsp3) is 0.600. The Morgan fingerprint density at radius 3 is 2.60 bits per heavy atom. The van der Waals surface area contributed by atoms with Crippen LogP contribution < -0.4 is 5.32 Å². The fourth-order valence-corrected chi connectivity index (χ4v) is 1.37. The van der Waals surface area contributed by atoms with Gasteiger partial charge in [0, 0.05) is 6.42 Å². The van der Waals surface area contributed by atoms with Gasteiger partial charge in [0.15, 0.2) is 0 Å². The van der Waals surface area contributed by atoms with Gasteiger partial charge in [0.2, 0.25) is 5.91 Å². The molecule has 1 heterocycles. The van der Waals surface area contributed by atoms with Gasteiger partial charge in [-0.05, 0) is 19.0 Å². The number of rotatable bonds is 5. The lowest BCUT2D eigenvalue weighted by atomic mass is 9.99. The normalized spacial score (nSPS) is 15.1. The van der Waals surface area contributed by atoms with Crippen LogP contribution in [0.25, 0.3) is 0 Å². The maximum atomic E-state index is 11.6. The molecule has 82 valence electrons. The predicted octanol–water partition coefficient (Wildman–Crippen LogP) is -0.858. The predicted molar refractivity (Wildman–Crippen MR) is 54.0 cm³/mol.